The van der Waals surface area contributed by atoms with E-state index in [0.29, 0.717) is 13.0 Å². The van der Waals surface area contributed by atoms with E-state index in [1.165, 1.54) is 0 Å². The SMILES string of the molecule is C=CCCC1=C[C@H](/C=C(\C)CO[Si](C)(C)C(C)(C)C)OC1=O. The Bertz CT molecular complexity index is 481. The summed E-state index contributed by atoms with van der Waals surface area (Å²) < 4.78 is 11.5. The zero-order valence-corrected chi connectivity index (χ0v) is 15.9. The lowest BCUT2D eigenvalue weighted by Crippen LogP contribution is -2.41. The topological polar surface area (TPSA) is 35.5 Å². The smallest absolute Gasteiger partial charge is 0.334 e. The molecule has 0 aromatic carbocycles. The molecule has 22 heavy (non-hydrogen) atoms. The normalized spacial score (nSPS) is 19.9. The second-order valence-electron chi connectivity index (χ2n) is 7.45. The van der Waals surface area contributed by atoms with E-state index in [1.54, 1.807) is 0 Å². The highest BCUT2D eigenvalue weighted by Crippen LogP contribution is 2.36. The highest BCUT2D eigenvalue weighted by Gasteiger charge is 2.37. The zero-order chi connectivity index (χ0) is 17.0. The Morgan fingerprint density at radius 1 is 1.45 bits per heavy atom. The van der Waals surface area contributed by atoms with Crippen LogP contribution in [-0.4, -0.2) is 27.0 Å². The molecule has 4 heteroatoms. The summed E-state index contributed by atoms with van der Waals surface area (Å²) in [6.07, 6.45) is 6.94. The lowest BCUT2D eigenvalue weighted by atomic mass is 10.1. The predicted octanol–water partition coefficient (Wildman–Crippen LogP) is 4.77. The quantitative estimate of drug-likeness (QED) is 0.385. The minimum atomic E-state index is -1.74. The van der Waals surface area contributed by atoms with Gasteiger partial charge in [-0.15, -0.1) is 6.58 Å². The molecule has 1 atom stereocenters. The number of hydrogen-bond donors (Lipinski definition) is 0. The fourth-order valence-corrected chi connectivity index (χ4v) is 2.89. The third kappa shape index (κ3) is 5.25. The van der Waals surface area contributed by atoms with E-state index in [1.807, 2.05) is 25.2 Å². The molecule has 0 unspecified atom stereocenters. The van der Waals surface area contributed by atoms with Crippen LogP contribution in [0.3, 0.4) is 0 Å². The Balaban J connectivity index is 2.61. The van der Waals surface area contributed by atoms with Crippen LogP contribution in [0.25, 0.3) is 0 Å². The second kappa shape index (κ2) is 7.42. The van der Waals surface area contributed by atoms with Crippen LogP contribution in [0.4, 0.5) is 0 Å². The Morgan fingerprint density at radius 2 is 2.09 bits per heavy atom. The first-order chi connectivity index (χ1) is 10.1. The molecule has 1 aliphatic rings. The third-order valence-corrected chi connectivity index (χ3v) is 8.88. The molecular weight excluding hydrogens is 292 g/mol. The van der Waals surface area contributed by atoms with Crippen molar-refractivity contribution in [1.82, 2.24) is 0 Å². The molecule has 0 aromatic heterocycles. The average molecular weight is 323 g/mol. The first kappa shape index (κ1) is 18.9. The van der Waals surface area contributed by atoms with Crippen molar-refractivity contribution in [3.8, 4) is 0 Å². The molecule has 1 aliphatic heterocycles. The molecule has 0 spiro atoms. The summed E-state index contributed by atoms with van der Waals surface area (Å²) in [4.78, 5) is 11.7. The molecular formula is C18H30O3Si. The Hall–Kier alpha value is -1.13. The van der Waals surface area contributed by atoms with Crippen molar-refractivity contribution >= 4 is 14.3 Å². The number of carbonyl (C=O) groups excluding carboxylic acids is 1. The Labute approximate surface area is 136 Å². The van der Waals surface area contributed by atoms with Crippen molar-refractivity contribution in [2.75, 3.05) is 6.61 Å². The van der Waals surface area contributed by atoms with Crippen molar-refractivity contribution in [3.63, 3.8) is 0 Å². The van der Waals surface area contributed by atoms with Gasteiger partial charge in [0.1, 0.15) is 6.10 Å². The maximum absolute atomic E-state index is 11.7. The molecule has 1 rings (SSSR count). The van der Waals surface area contributed by atoms with E-state index >= 15 is 0 Å². The van der Waals surface area contributed by atoms with Gasteiger partial charge >= 0.3 is 5.97 Å². The van der Waals surface area contributed by atoms with Crippen LogP contribution in [0.2, 0.25) is 18.1 Å². The number of esters is 1. The monoisotopic (exact) mass is 322 g/mol. The summed E-state index contributed by atoms with van der Waals surface area (Å²) in [6.45, 7) is 17.5. The minimum absolute atomic E-state index is 0.199. The van der Waals surface area contributed by atoms with Gasteiger partial charge in [0, 0.05) is 5.57 Å². The molecule has 3 nitrogen and oxygen atoms in total. The van der Waals surface area contributed by atoms with Gasteiger partial charge < -0.3 is 9.16 Å². The fraction of sp³-hybridized carbons (Fsp3) is 0.611. The second-order valence-corrected chi connectivity index (χ2v) is 12.3. The third-order valence-electron chi connectivity index (χ3n) is 4.40. The molecule has 0 saturated heterocycles. The Kier molecular flexibility index (Phi) is 6.38. The van der Waals surface area contributed by atoms with Crippen LogP contribution in [0.1, 0.15) is 40.5 Å². The molecule has 0 radical (unpaired) electrons. The average Bonchev–Trinajstić information content (AvgIpc) is 2.73. The van der Waals surface area contributed by atoms with E-state index in [-0.39, 0.29) is 17.1 Å². The first-order valence-corrected chi connectivity index (χ1v) is 10.8. The highest BCUT2D eigenvalue weighted by atomic mass is 28.4. The number of rotatable bonds is 7. The lowest BCUT2D eigenvalue weighted by Gasteiger charge is -2.36. The standard InChI is InChI=1S/C18H30O3Si/c1-8-9-10-15-12-16(21-17(15)19)11-14(2)13-20-22(6,7)18(3,4)5/h8,11-12,16H,1,9-10,13H2,2-7H3/b14-11+/t16-/m0/s1. The molecule has 0 aliphatic carbocycles. The summed E-state index contributed by atoms with van der Waals surface area (Å²) >= 11 is 0. The molecule has 0 N–H and O–H groups in total. The summed E-state index contributed by atoms with van der Waals surface area (Å²) in [6, 6.07) is 0. The van der Waals surface area contributed by atoms with Crippen LogP contribution in [0.5, 0.6) is 0 Å². The molecule has 0 fully saturated rings. The van der Waals surface area contributed by atoms with Gasteiger partial charge in [0.25, 0.3) is 0 Å². The molecule has 0 bridgehead atoms. The number of carbonyl (C=O) groups is 1. The molecule has 124 valence electrons. The number of hydrogen-bond acceptors (Lipinski definition) is 3. The van der Waals surface area contributed by atoms with Gasteiger partial charge in [0.15, 0.2) is 8.32 Å². The summed E-state index contributed by atoms with van der Waals surface area (Å²) in [5, 5.41) is 0.199. The number of cyclic esters (lactones) is 1. The fourth-order valence-electron chi connectivity index (χ4n) is 1.86. The van der Waals surface area contributed by atoms with Gasteiger partial charge in [-0.05, 0) is 55.6 Å². The number of allylic oxidation sites excluding steroid dienone is 1. The van der Waals surface area contributed by atoms with Gasteiger partial charge in [0.05, 0.1) is 6.61 Å². The van der Waals surface area contributed by atoms with Gasteiger partial charge in [-0.2, -0.15) is 0 Å². The Morgan fingerprint density at radius 3 is 2.64 bits per heavy atom. The maximum atomic E-state index is 11.7. The van der Waals surface area contributed by atoms with Gasteiger partial charge in [-0.25, -0.2) is 4.79 Å². The van der Waals surface area contributed by atoms with Crippen molar-refractivity contribution in [3.05, 3.63) is 36.0 Å². The predicted molar refractivity (Wildman–Crippen MR) is 94.3 cm³/mol. The van der Waals surface area contributed by atoms with E-state index in [9.17, 15) is 4.79 Å². The minimum Gasteiger partial charge on any atom is -0.450 e. The van der Waals surface area contributed by atoms with Crippen molar-refractivity contribution in [2.24, 2.45) is 0 Å². The molecule has 1 heterocycles. The number of ether oxygens (including phenoxy) is 1. The summed E-state index contributed by atoms with van der Waals surface area (Å²) in [7, 11) is -1.74. The van der Waals surface area contributed by atoms with Gasteiger partial charge in [-0.3, -0.25) is 0 Å². The highest BCUT2D eigenvalue weighted by molar-refractivity contribution is 6.74. The molecule has 0 amide bonds. The van der Waals surface area contributed by atoms with Crippen molar-refractivity contribution < 1.29 is 14.0 Å². The van der Waals surface area contributed by atoms with Crippen LogP contribution < -0.4 is 0 Å². The molecule has 0 saturated carbocycles. The molecule has 0 aromatic rings. The summed E-state index contributed by atoms with van der Waals surface area (Å²) in [5.74, 6) is -0.207. The van der Waals surface area contributed by atoms with Crippen molar-refractivity contribution in [1.29, 1.82) is 0 Å². The first-order valence-electron chi connectivity index (χ1n) is 7.90. The van der Waals surface area contributed by atoms with Crippen LogP contribution in [-0.2, 0) is 14.0 Å². The largest absolute Gasteiger partial charge is 0.450 e. The van der Waals surface area contributed by atoms with E-state index in [2.05, 4.69) is 40.4 Å². The van der Waals surface area contributed by atoms with E-state index in [0.717, 1.165) is 17.6 Å². The van der Waals surface area contributed by atoms with Crippen LogP contribution >= 0.6 is 0 Å². The zero-order valence-electron chi connectivity index (χ0n) is 14.9. The van der Waals surface area contributed by atoms with Crippen LogP contribution in [0, 0.1) is 0 Å². The van der Waals surface area contributed by atoms with Gasteiger partial charge in [-0.1, -0.05) is 26.8 Å². The maximum Gasteiger partial charge on any atom is 0.334 e. The lowest BCUT2D eigenvalue weighted by molar-refractivity contribution is -0.138. The summed E-state index contributed by atoms with van der Waals surface area (Å²) in [5.41, 5.74) is 1.85. The van der Waals surface area contributed by atoms with Crippen molar-refractivity contribution in [2.45, 2.75) is 64.8 Å². The van der Waals surface area contributed by atoms with E-state index in [4.69, 9.17) is 9.16 Å². The van der Waals surface area contributed by atoms with Gasteiger partial charge in [0.2, 0.25) is 0 Å². The van der Waals surface area contributed by atoms with Crippen LogP contribution in [0.15, 0.2) is 36.0 Å². The van der Waals surface area contributed by atoms with E-state index < -0.39 is 8.32 Å².